The second kappa shape index (κ2) is 7.66. The number of ketones is 1. The van der Waals surface area contributed by atoms with Crippen LogP contribution in [0.3, 0.4) is 0 Å². The van der Waals surface area contributed by atoms with E-state index in [2.05, 4.69) is 10.1 Å². The molecule has 1 aliphatic rings. The molecular weight excluding hydrogens is 386 g/mol. The number of likely N-dealkylation sites (tertiary alicyclic amines) is 1. The van der Waals surface area contributed by atoms with Gasteiger partial charge in [-0.1, -0.05) is 0 Å². The number of hydrogen-bond acceptors (Lipinski definition) is 6. The Morgan fingerprint density at radius 1 is 1.27 bits per heavy atom. The molecule has 1 aliphatic heterocycles. The van der Waals surface area contributed by atoms with Gasteiger partial charge in [0.2, 0.25) is 0 Å². The van der Waals surface area contributed by atoms with Gasteiger partial charge in [-0.2, -0.15) is 5.10 Å². The highest BCUT2D eigenvalue weighted by Crippen LogP contribution is 2.40. The maximum absolute atomic E-state index is 13.0. The predicted octanol–water partition coefficient (Wildman–Crippen LogP) is 2.34. The Morgan fingerprint density at radius 3 is 2.67 bits per heavy atom. The van der Waals surface area contributed by atoms with Crippen molar-refractivity contribution in [2.75, 3.05) is 6.54 Å². The lowest BCUT2D eigenvalue weighted by atomic mass is 9.98. The standard InChI is InChI=1S/C21H23N5O4/c1-13-16(14(2)24(3)23-13)19(27)17-18(15-6-4-11-30-15)26(21(29)20(17)28)9-5-8-25-10-7-22-12-25/h4,6-7,10-12,18,27H,5,8-9H2,1-3H3/t18-/m1/s1. The molecule has 1 saturated heterocycles. The van der Waals surface area contributed by atoms with Gasteiger partial charge in [-0.15, -0.1) is 0 Å². The van der Waals surface area contributed by atoms with Gasteiger partial charge in [-0.3, -0.25) is 14.3 Å². The van der Waals surface area contributed by atoms with Crippen LogP contribution in [-0.2, 0) is 23.2 Å². The number of carbonyl (C=O) groups excluding carboxylic acids is 2. The van der Waals surface area contributed by atoms with E-state index in [9.17, 15) is 14.7 Å². The highest BCUT2D eigenvalue weighted by atomic mass is 16.3. The van der Waals surface area contributed by atoms with Gasteiger partial charge < -0.3 is 19.0 Å². The van der Waals surface area contributed by atoms with E-state index in [0.29, 0.717) is 42.2 Å². The molecule has 1 atom stereocenters. The van der Waals surface area contributed by atoms with E-state index >= 15 is 0 Å². The summed E-state index contributed by atoms with van der Waals surface area (Å²) in [6, 6.07) is 2.61. The number of nitrogens with zero attached hydrogens (tertiary/aromatic N) is 5. The molecule has 3 aromatic rings. The number of aliphatic hydroxyl groups excluding tert-OH is 1. The summed E-state index contributed by atoms with van der Waals surface area (Å²) in [6.07, 6.45) is 7.33. The minimum absolute atomic E-state index is 0.0248. The summed E-state index contributed by atoms with van der Waals surface area (Å²) < 4.78 is 9.09. The molecule has 0 aliphatic carbocycles. The summed E-state index contributed by atoms with van der Waals surface area (Å²) in [5.41, 5.74) is 1.77. The smallest absolute Gasteiger partial charge is 0.295 e. The fourth-order valence-corrected chi connectivity index (χ4v) is 3.95. The van der Waals surface area contributed by atoms with E-state index in [4.69, 9.17) is 4.42 Å². The highest BCUT2D eigenvalue weighted by Gasteiger charge is 2.47. The van der Waals surface area contributed by atoms with Crippen LogP contribution >= 0.6 is 0 Å². The van der Waals surface area contributed by atoms with Gasteiger partial charge in [0.1, 0.15) is 17.6 Å². The zero-order valence-electron chi connectivity index (χ0n) is 17.1. The lowest BCUT2D eigenvalue weighted by Crippen LogP contribution is -2.31. The van der Waals surface area contributed by atoms with E-state index in [1.54, 1.807) is 50.2 Å². The second-order valence-electron chi connectivity index (χ2n) is 7.33. The van der Waals surface area contributed by atoms with Crippen LogP contribution in [0.4, 0.5) is 0 Å². The first-order valence-corrected chi connectivity index (χ1v) is 9.68. The van der Waals surface area contributed by atoms with E-state index in [1.165, 1.54) is 11.2 Å². The Hall–Kier alpha value is -3.62. The molecule has 1 N–H and O–H groups in total. The van der Waals surface area contributed by atoms with Crippen molar-refractivity contribution in [1.29, 1.82) is 0 Å². The van der Waals surface area contributed by atoms with Crippen molar-refractivity contribution < 1.29 is 19.1 Å². The van der Waals surface area contributed by atoms with Gasteiger partial charge in [-0.25, -0.2) is 4.98 Å². The molecule has 4 heterocycles. The largest absolute Gasteiger partial charge is 0.507 e. The maximum atomic E-state index is 13.0. The van der Waals surface area contributed by atoms with Crippen LogP contribution in [0.15, 0.2) is 47.1 Å². The number of furan rings is 1. The Kier molecular flexibility index (Phi) is 5.03. The first-order valence-electron chi connectivity index (χ1n) is 9.68. The van der Waals surface area contributed by atoms with Gasteiger partial charge in [0.15, 0.2) is 0 Å². The Labute approximate surface area is 173 Å². The normalized spacial score (nSPS) is 18.5. The number of rotatable bonds is 6. The van der Waals surface area contributed by atoms with Crippen molar-refractivity contribution >= 4 is 17.4 Å². The van der Waals surface area contributed by atoms with Crippen molar-refractivity contribution in [2.24, 2.45) is 7.05 Å². The summed E-state index contributed by atoms with van der Waals surface area (Å²) in [4.78, 5) is 31.3. The Morgan fingerprint density at radius 2 is 2.07 bits per heavy atom. The van der Waals surface area contributed by atoms with Crippen LogP contribution in [0, 0.1) is 13.8 Å². The number of amides is 1. The van der Waals surface area contributed by atoms with Crippen LogP contribution in [0.25, 0.3) is 5.76 Å². The molecule has 1 fully saturated rings. The fourth-order valence-electron chi connectivity index (χ4n) is 3.95. The number of Topliss-reactive ketones (excluding diaryl/α,β-unsaturated/α-hetero) is 1. The molecule has 3 aromatic heterocycles. The van der Waals surface area contributed by atoms with E-state index in [-0.39, 0.29) is 11.3 Å². The van der Waals surface area contributed by atoms with Crippen molar-refractivity contribution in [2.45, 2.75) is 32.9 Å². The van der Waals surface area contributed by atoms with Gasteiger partial charge in [0.25, 0.3) is 11.7 Å². The summed E-state index contributed by atoms with van der Waals surface area (Å²) in [7, 11) is 1.76. The van der Waals surface area contributed by atoms with Gasteiger partial charge in [0, 0.05) is 38.2 Å². The van der Waals surface area contributed by atoms with Crippen LogP contribution < -0.4 is 0 Å². The van der Waals surface area contributed by atoms with Gasteiger partial charge in [-0.05, 0) is 32.4 Å². The third kappa shape index (κ3) is 3.22. The summed E-state index contributed by atoms with van der Waals surface area (Å²) >= 11 is 0. The second-order valence-corrected chi connectivity index (χ2v) is 7.33. The Balaban J connectivity index is 1.74. The molecular formula is C21H23N5O4. The number of hydrogen-bond donors (Lipinski definition) is 1. The molecule has 0 bridgehead atoms. The molecule has 0 unspecified atom stereocenters. The summed E-state index contributed by atoms with van der Waals surface area (Å²) in [6.45, 7) is 4.54. The maximum Gasteiger partial charge on any atom is 0.295 e. The molecule has 9 nitrogen and oxygen atoms in total. The minimum Gasteiger partial charge on any atom is -0.507 e. The van der Waals surface area contributed by atoms with E-state index in [1.807, 2.05) is 10.8 Å². The number of aliphatic hydroxyl groups is 1. The average Bonchev–Trinajstić information content (AvgIpc) is 3.48. The third-order valence-electron chi connectivity index (χ3n) is 5.47. The molecule has 9 heteroatoms. The number of imidazole rings is 1. The van der Waals surface area contributed by atoms with Crippen LogP contribution in [-0.4, -0.2) is 47.6 Å². The number of carbonyl (C=O) groups is 2. The van der Waals surface area contributed by atoms with Gasteiger partial charge in [0.05, 0.1) is 29.4 Å². The minimum atomic E-state index is -0.790. The lowest BCUT2D eigenvalue weighted by Gasteiger charge is -2.23. The average molecular weight is 409 g/mol. The first kappa shape index (κ1) is 19.7. The third-order valence-corrected chi connectivity index (χ3v) is 5.47. The molecule has 0 saturated carbocycles. The van der Waals surface area contributed by atoms with Crippen molar-refractivity contribution in [3.8, 4) is 0 Å². The quantitative estimate of drug-likeness (QED) is 0.380. The molecule has 1 amide bonds. The number of aromatic nitrogens is 4. The summed E-state index contributed by atoms with van der Waals surface area (Å²) in [5.74, 6) is -1.17. The summed E-state index contributed by atoms with van der Waals surface area (Å²) in [5, 5.41) is 15.4. The zero-order valence-corrected chi connectivity index (χ0v) is 17.1. The Bertz CT molecular complexity index is 1110. The van der Waals surface area contributed by atoms with E-state index in [0.717, 1.165) is 0 Å². The molecule has 0 aromatic carbocycles. The topological polar surface area (TPSA) is 106 Å². The molecule has 156 valence electrons. The van der Waals surface area contributed by atoms with Crippen molar-refractivity contribution in [1.82, 2.24) is 24.2 Å². The van der Waals surface area contributed by atoms with E-state index < -0.39 is 17.7 Å². The van der Waals surface area contributed by atoms with Crippen LogP contribution in [0.1, 0.15) is 35.2 Å². The number of aryl methyl sites for hydroxylation is 3. The van der Waals surface area contributed by atoms with Crippen LogP contribution in [0.5, 0.6) is 0 Å². The molecule has 30 heavy (non-hydrogen) atoms. The first-order chi connectivity index (χ1) is 14.4. The lowest BCUT2D eigenvalue weighted by molar-refractivity contribution is -0.140. The van der Waals surface area contributed by atoms with Crippen molar-refractivity contribution in [3.05, 3.63) is 65.4 Å². The molecule has 0 spiro atoms. The molecule has 0 radical (unpaired) electrons. The zero-order chi connectivity index (χ0) is 21.4. The van der Waals surface area contributed by atoms with Crippen LogP contribution in [0.2, 0.25) is 0 Å². The SMILES string of the molecule is Cc1nn(C)c(C)c1C(O)=C1C(=O)C(=O)N(CCCn2ccnc2)[C@@H]1c1ccco1. The molecule has 4 rings (SSSR count). The van der Waals surface area contributed by atoms with Gasteiger partial charge >= 0.3 is 0 Å². The predicted molar refractivity (Wildman–Crippen MR) is 107 cm³/mol. The monoisotopic (exact) mass is 409 g/mol. The highest BCUT2D eigenvalue weighted by molar-refractivity contribution is 6.46. The van der Waals surface area contributed by atoms with Crippen molar-refractivity contribution in [3.63, 3.8) is 0 Å². The fraction of sp³-hybridized carbons (Fsp3) is 0.333.